The highest BCUT2D eigenvalue weighted by atomic mass is 32.2. The third-order valence-electron chi connectivity index (χ3n) is 7.51. The first-order valence-electron chi connectivity index (χ1n) is 14.2. The molecule has 0 saturated carbocycles. The van der Waals surface area contributed by atoms with Gasteiger partial charge in [0.2, 0.25) is 5.91 Å². The molecule has 9 nitrogen and oxygen atoms in total. The van der Waals surface area contributed by atoms with Crippen molar-refractivity contribution in [3.63, 3.8) is 0 Å². The number of amides is 1. The molecule has 1 amide bonds. The lowest BCUT2D eigenvalue weighted by molar-refractivity contribution is -0.151. The molecule has 0 unspecified atom stereocenters. The van der Waals surface area contributed by atoms with Crippen LogP contribution in [-0.2, 0) is 23.9 Å². The summed E-state index contributed by atoms with van der Waals surface area (Å²) in [5.41, 5.74) is 3.31. The van der Waals surface area contributed by atoms with Crippen LogP contribution in [0.3, 0.4) is 0 Å². The van der Waals surface area contributed by atoms with Crippen molar-refractivity contribution in [3.05, 3.63) is 82.4 Å². The summed E-state index contributed by atoms with van der Waals surface area (Å²) in [4.78, 5) is 48.3. The monoisotopic (exact) mass is 589 g/mol. The smallest absolute Gasteiger partial charge is 0.338 e. The minimum absolute atomic E-state index is 0.0823. The van der Waals surface area contributed by atoms with Crippen molar-refractivity contribution in [2.45, 2.75) is 39.2 Å². The lowest BCUT2D eigenvalue weighted by atomic mass is 9.91. The van der Waals surface area contributed by atoms with Gasteiger partial charge >= 0.3 is 11.9 Å². The molecule has 0 spiro atoms. The van der Waals surface area contributed by atoms with Gasteiger partial charge < -0.3 is 24.0 Å². The van der Waals surface area contributed by atoms with Crippen molar-refractivity contribution in [2.24, 2.45) is 10.9 Å². The minimum atomic E-state index is -0.583. The Balaban J connectivity index is 1.51. The van der Waals surface area contributed by atoms with E-state index in [-0.39, 0.29) is 30.8 Å². The molecule has 0 aliphatic carbocycles. The molecule has 42 heavy (non-hydrogen) atoms. The highest BCUT2D eigenvalue weighted by Gasteiger charge is 2.43. The predicted molar refractivity (Wildman–Crippen MR) is 161 cm³/mol. The van der Waals surface area contributed by atoms with Gasteiger partial charge in [-0.05, 0) is 49.8 Å². The molecule has 0 N–H and O–H groups in total. The number of carbonyl (C=O) groups is 3. The van der Waals surface area contributed by atoms with Crippen LogP contribution < -0.4 is 4.74 Å². The standard InChI is InChI=1S/C32H35N3O6S/c1-4-40-30(37)23-12-9-17-34(19-23)26(36)18-24-20-42-32-33-28(21-10-7-6-8-11-21)27(31(38)41-5-2)29(35(24)32)22-13-15-25(39-3)16-14-22/h6-8,10-11,13-16,20,23,29H,4-5,9,12,17-19H2,1-3H3/t23-,29+/m0/s1. The zero-order valence-electron chi connectivity index (χ0n) is 24.1. The van der Waals surface area contributed by atoms with E-state index in [4.69, 9.17) is 19.2 Å². The van der Waals surface area contributed by atoms with E-state index in [1.165, 1.54) is 11.8 Å². The third-order valence-corrected chi connectivity index (χ3v) is 8.40. The van der Waals surface area contributed by atoms with E-state index in [0.29, 0.717) is 48.3 Å². The maximum Gasteiger partial charge on any atom is 0.338 e. The lowest BCUT2D eigenvalue weighted by Crippen LogP contribution is -2.44. The highest BCUT2D eigenvalue weighted by molar-refractivity contribution is 8.16. The van der Waals surface area contributed by atoms with Crippen LogP contribution in [0, 0.1) is 5.92 Å². The van der Waals surface area contributed by atoms with Crippen LogP contribution in [0.5, 0.6) is 5.75 Å². The number of hydrogen-bond donors (Lipinski definition) is 0. The summed E-state index contributed by atoms with van der Waals surface area (Å²) in [5.74, 6) is -0.429. The molecule has 1 saturated heterocycles. The number of aliphatic imine (C=N–C) groups is 1. The Hall–Kier alpha value is -4.05. The first kappa shape index (κ1) is 29.4. The van der Waals surface area contributed by atoms with Crippen molar-refractivity contribution in [3.8, 4) is 5.75 Å². The van der Waals surface area contributed by atoms with Crippen molar-refractivity contribution in [2.75, 3.05) is 33.4 Å². The van der Waals surface area contributed by atoms with Gasteiger partial charge in [-0.1, -0.05) is 54.2 Å². The number of rotatable bonds is 9. The molecule has 0 bridgehead atoms. The van der Waals surface area contributed by atoms with Gasteiger partial charge in [0.25, 0.3) is 0 Å². The Labute approximate surface area is 250 Å². The minimum Gasteiger partial charge on any atom is -0.497 e. The van der Waals surface area contributed by atoms with E-state index in [1.54, 1.807) is 25.9 Å². The van der Waals surface area contributed by atoms with E-state index in [2.05, 4.69) is 0 Å². The molecule has 2 atom stereocenters. The number of esters is 2. The number of benzene rings is 2. The average Bonchev–Trinajstić information content (AvgIpc) is 3.43. The van der Waals surface area contributed by atoms with Crippen molar-refractivity contribution < 1.29 is 28.6 Å². The zero-order valence-corrected chi connectivity index (χ0v) is 24.9. The van der Waals surface area contributed by atoms with E-state index < -0.39 is 12.0 Å². The summed E-state index contributed by atoms with van der Waals surface area (Å²) >= 11 is 1.42. The predicted octanol–water partition coefficient (Wildman–Crippen LogP) is 5.16. The van der Waals surface area contributed by atoms with Gasteiger partial charge in [0, 0.05) is 24.4 Å². The van der Waals surface area contributed by atoms with Gasteiger partial charge in [-0.2, -0.15) is 0 Å². The number of fused-ring (bicyclic) bond motifs is 1. The summed E-state index contributed by atoms with van der Waals surface area (Å²) in [6.07, 6.45) is 1.55. The van der Waals surface area contributed by atoms with Crippen LogP contribution in [0.2, 0.25) is 0 Å². The molecule has 1 fully saturated rings. The molecule has 2 aromatic carbocycles. The lowest BCUT2D eigenvalue weighted by Gasteiger charge is -2.37. The van der Waals surface area contributed by atoms with Crippen molar-refractivity contribution in [1.29, 1.82) is 0 Å². The molecule has 5 rings (SSSR count). The Kier molecular flexibility index (Phi) is 9.31. The summed E-state index contributed by atoms with van der Waals surface area (Å²) in [5, 5.41) is 2.60. The maximum absolute atomic E-state index is 13.7. The Morgan fingerprint density at radius 1 is 1.00 bits per heavy atom. The number of thioether (sulfide) groups is 1. The number of hydrogen-bond acceptors (Lipinski definition) is 9. The van der Waals surface area contributed by atoms with E-state index in [0.717, 1.165) is 23.2 Å². The normalized spacial score (nSPS) is 20.0. The molecule has 0 aromatic heterocycles. The number of carbonyl (C=O) groups excluding carboxylic acids is 3. The van der Waals surface area contributed by atoms with E-state index >= 15 is 0 Å². The van der Waals surface area contributed by atoms with Gasteiger partial charge in [-0.25, -0.2) is 9.79 Å². The SMILES string of the molecule is CCOC(=O)C1=C(c2ccccc2)N=C2SC=C(CC(=O)N3CCC[C@H](C(=O)OCC)C3)N2[C@@H]1c1ccc(OC)cc1. The number of nitrogens with zero attached hydrogens (tertiary/aromatic N) is 3. The van der Waals surface area contributed by atoms with Crippen LogP contribution >= 0.6 is 11.8 Å². The fraction of sp³-hybridized carbons (Fsp3) is 0.375. The van der Waals surface area contributed by atoms with Crippen LogP contribution in [-0.4, -0.2) is 66.2 Å². The summed E-state index contributed by atoms with van der Waals surface area (Å²) in [6, 6.07) is 16.6. The number of ether oxygens (including phenoxy) is 3. The van der Waals surface area contributed by atoms with Gasteiger partial charge in [0.1, 0.15) is 5.75 Å². The second-order valence-corrected chi connectivity index (χ2v) is 11.0. The molecular weight excluding hydrogens is 554 g/mol. The van der Waals surface area contributed by atoms with E-state index in [1.807, 2.05) is 64.9 Å². The summed E-state index contributed by atoms with van der Waals surface area (Å²) in [6.45, 7) is 5.02. The van der Waals surface area contributed by atoms with Crippen molar-refractivity contribution >= 4 is 40.5 Å². The maximum atomic E-state index is 13.7. The third kappa shape index (κ3) is 6.09. The molecule has 10 heteroatoms. The first-order chi connectivity index (χ1) is 20.4. The molecule has 3 aliphatic rings. The summed E-state index contributed by atoms with van der Waals surface area (Å²) in [7, 11) is 1.61. The van der Waals surface area contributed by atoms with Crippen LogP contribution in [0.1, 0.15) is 50.3 Å². The Morgan fingerprint density at radius 2 is 1.74 bits per heavy atom. The van der Waals surface area contributed by atoms with Gasteiger partial charge in [-0.3, -0.25) is 9.59 Å². The second kappa shape index (κ2) is 13.3. The molecule has 0 radical (unpaired) electrons. The zero-order chi connectivity index (χ0) is 29.6. The molecule has 2 aromatic rings. The molecule has 3 aliphatic heterocycles. The van der Waals surface area contributed by atoms with Crippen LogP contribution in [0.15, 0.2) is 76.3 Å². The topological polar surface area (TPSA) is 97.7 Å². The van der Waals surface area contributed by atoms with Crippen molar-refractivity contribution in [1.82, 2.24) is 9.80 Å². The largest absolute Gasteiger partial charge is 0.497 e. The van der Waals surface area contributed by atoms with Crippen LogP contribution in [0.4, 0.5) is 0 Å². The van der Waals surface area contributed by atoms with Gasteiger partial charge in [0.15, 0.2) is 5.17 Å². The van der Waals surface area contributed by atoms with Gasteiger partial charge in [-0.15, -0.1) is 0 Å². The second-order valence-electron chi connectivity index (χ2n) is 10.1. The Bertz CT molecular complexity index is 1420. The number of piperidine rings is 1. The number of amidine groups is 1. The number of likely N-dealkylation sites (tertiary alicyclic amines) is 1. The first-order valence-corrected chi connectivity index (χ1v) is 15.1. The molecular formula is C32H35N3O6S. The Morgan fingerprint density at radius 3 is 2.43 bits per heavy atom. The molecule has 3 heterocycles. The van der Waals surface area contributed by atoms with Crippen LogP contribution in [0.25, 0.3) is 5.70 Å². The van der Waals surface area contributed by atoms with E-state index in [9.17, 15) is 14.4 Å². The average molecular weight is 590 g/mol. The fourth-order valence-electron chi connectivity index (χ4n) is 5.51. The quantitative estimate of drug-likeness (QED) is 0.370. The van der Waals surface area contributed by atoms with Gasteiger partial charge in [0.05, 0.1) is 50.0 Å². The fourth-order valence-corrected chi connectivity index (χ4v) is 6.43. The highest BCUT2D eigenvalue weighted by Crippen LogP contribution is 2.47. The molecule has 220 valence electrons. The summed E-state index contributed by atoms with van der Waals surface area (Å²) < 4.78 is 16.2. The number of methoxy groups -OCH3 is 1.